The Morgan fingerprint density at radius 3 is 2.62 bits per heavy atom. The summed E-state index contributed by atoms with van der Waals surface area (Å²) in [5.41, 5.74) is 1.76. The van der Waals surface area contributed by atoms with Gasteiger partial charge in [0.1, 0.15) is 10.8 Å². The molecule has 2 aromatic carbocycles. The highest BCUT2D eigenvalue weighted by Gasteiger charge is 2.18. The zero-order chi connectivity index (χ0) is 21.0. The third kappa shape index (κ3) is 5.73. The molecule has 0 aliphatic rings. The molecule has 1 unspecified atom stereocenters. The van der Waals surface area contributed by atoms with Crippen molar-refractivity contribution in [3.05, 3.63) is 79.5 Å². The maximum absolute atomic E-state index is 12.9. The number of halogens is 3. The Bertz CT molecular complexity index is 996. The quantitative estimate of drug-likeness (QED) is 0.541. The number of carbonyl (C=O) groups excluding carboxylic acids is 1. The Morgan fingerprint density at radius 1 is 1.21 bits per heavy atom. The second-order valence-electron chi connectivity index (χ2n) is 6.57. The molecule has 3 rings (SSSR count). The van der Waals surface area contributed by atoms with Crippen molar-refractivity contribution in [3.8, 4) is 0 Å². The number of nitrogens with one attached hydrogen (secondary N) is 1. The van der Waals surface area contributed by atoms with E-state index in [0.717, 1.165) is 16.1 Å². The van der Waals surface area contributed by atoms with Crippen LogP contribution in [0, 0.1) is 5.82 Å². The van der Waals surface area contributed by atoms with Gasteiger partial charge in [-0.15, -0.1) is 10.2 Å². The number of carbonyl (C=O) groups is 1. The van der Waals surface area contributed by atoms with E-state index in [1.54, 1.807) is 18.2 Å². The minimum Gasteiger partial charge on any atom is -0.346 e. The number of rotatable bonds is 7. The average Bonchev–Trinajstić information content (AvgIpc) is 3.15. The minimum atomic E-state index is -0.313. The molecule has 0 aliphatic heterocycles. The largest absolute Gasteiger partial charge is 0.346 e. The maximum atomic E-state index is 12.9. The van der Waals surface area contributed by atoms with Crippen LogP contribution in [0.15, 0.2) is 42.5 Å². The van der Waals surface area contributed by atoms with Gasteiger partial charge in [-0.3, -0.25) is 9.69 Å². The van der Waals surface area contributed by atoms with Crippen LogP contribution < -0.4 is 5.32 Å². The predicted molar refractivity (Wildman–Crippen MR) is 114 cm³/mol. The zero-order valence-electron chi connectivity index (χ0n) is 15.8. The van der Waals surface area contributed by atoms with Gasteiger partial charge < -0.3 is 5.32 Å². The molecule has 0 aliphatic carbocycles. The van der Waals surface area contributed by atoms with Crippen molar-refractivity contribution in [1.29, 1.82) is 0 Å². The van der Waals surface area contributed by atoms with Gasteiger partial charge in [-0.05, 0) is 49.4 Å². The summed E-state index contributed by atoms with van der Waals surface area (Å²) < 4.78 is 12.9. The molecule has 5 nitrogen and oxygen atoms in total. The molecule has 0 saturated carbocycles. The third-order valence-corrected chi connectivity index (χ3v) is 5.96. The lowest BCUT2D eigenvalue weighted by Crippen LogP contribution is -2.22. The second-order valence-corrected chi connectivity index (χ2v) is 8.47. The summed E-state index contributed by atoms with van der Waals surface area (Å²) in [6, 6.07) is 11.4. The van der Waals surface area contributed by atoms with E-state index >= 15 is 0 Å². The Morgan fingerprint density at radius 2 is 1.93 bits per heavy atom. The highest BCUT2D eigenvalue weighted by Crippen LogP contribution is 2.30. The van der Waals surface area contributed by atoms with E-state index in [-0.39, 0.29) is 22.8 Å². The molecular formula is C20H19Cl2FN4OS. The summed E-state index contributed by atoms with van der Waals surface area (Å²) >= 11 is 13.5. The first kappa shape index (κ1) is 21.6. The van der Waals surface area contributed by atoms with E-state index in [0.29, 0.717) is 23.1 Å². The van der Waals surface area contributed by atoms with Crippen molar-refractivity contribution in [3.63, 3.8) is 0 Å². The Labute approximate surface area is 182 Å². The van der Waals surface area contributed by atoms with Gasteiger partial charge in [-0.25, -0.2) is 4.39 Å². The highest BCUT2D eigenvalue weighted by atomic mass is 35.5. The lowest BCUT2D eigenvalue weighted by molar-refractivity contribution is 0.0950. The van der Waals surface area contributed by atoms with Crippen LogP contribution in [-0.4, -0.2) is 28.1 Å². The predicted octanol–water partition coefficient (Wildman–Crippen LogP) is 5.11. The van der Waals surface area contributed by atoms with Gasteiger partial charge in [-0.1, -0.05) is 52.7 Å². The first-order valence-corrected chi connectivity index (χ1v) is 10.4. The molecule has 3 aromatic rings. The maximum Gasteiger partial charge on any atom is 0.282 e. The van der Waals surface area contributed by atoms with Crippen LogP contribution in [0.2, 0.25) is 10.0 Å². The lowest BCUT2D eigenvalue weighted by Gasteiger charge is -2.24. The number of benzene rings is 2. The van der Waals surface area contributed by atoms with Crippen LogP contribution >= 0.6 is 34.5 Å². The molecule has 29 heavy (non-hydrogen) atoms. The SMILES string of the molecule is CC(c1ccc(Cl)cc1Cl)N(C)Cc1nnc(C(=O)NCc2ccc(F)cc2)s1. The molecule has 0 fully saturated rings. The Hall–Kier alpha value is -2.06. The van der Waals surface area contributed by atoms with E-state index in [2.05, 4.69) is 20.4 Å². The molecule has 0 bridgehead atoms. The molecule has 1 atom stereocenters. The zero-order valence-corrected chi connectivity index (χ0v) is 18.2. The molecule has 9 heteroatoms. The second kappa shape index (κ2) is 9.63. The first-order chi connectivity index (χ1) is 13.8. The van der Waals surface area contributed by atoms with Gasteiger partial charge in [-0.2, -0.15) is 0 Å². The molecule has 0 spiro atoms. The Balaban J connectivity index is 1.58. The fourth-order valence-corrected chi connectivity index (χ4v) is 4.08. The molecular weight excluding hydrogens is 434 g/mol. The van der Waals surface area contributed by atoms with Crippen molar-refractivity contribution >= 4 is 40.4 Å². The molecule has 152 valence electrons. The van der Waals surface area contributed by atoms with Crippen molar-refractivity contribution < 1.29 is 9.18 Å². The topological polar surface area (TPSA) is 58.1 Å². The Kier molecular flexibility index (Phi) is 7.18. The number of hydrogen-bond acceptors (Lipinski definition) is 5. The van der Waals surface area contributed by atoms with Crippen LogP contribution in [0.1, 0.15) is 38.9 Å². The third-order valence-electron chi connectivity index (χ3n) is 4.49. The molecule has 1 heterocycles. The van der Waals surface area contributed by atoms with E-state index < -0.39 is 0 Å². The van der Waals surface area contributed by atoms with Crippen LogP contribution in [0.5, 0.6) is 0 Å². The summed E-state index contributed by atoms with van der Waals surface area (Å²) in [5.74, 6) is -0.624. The van der Waals surface area contributed by atoms with Crippen molar-refractivity contribution in [2.75, 3.05) is 7.05 Å². The van der Waals surface area contributed by atoms with E-state index in [1.807, 2.05) is 26.1 Å². The standard InChI is InChI=1S/C20H19Cl2FN4OS/c1-12(16-8-5-14(21)9-17(16)22)27(2)11-18-25-26-20(29-18)19(28)24-10-13-3-6-15(23)7-4-13/h3-9,12H,10-11H2,1-2H3,(H,24,28). The summed E-state index contributed by atoms with van der Waals surface area (Å²) in [6.07, 6.45) is 0. The van der Waals surface area contributed by atoms with Gasteiger partial charge in [0.2, 0.25) is 5.01 Å². The first-order valence-electron chi connectivity index (χ1n) is 8.83. The summed E-state index contributed by atoms with van der Waals surface area (Å²) in [6.45, 7) is 2.84. The van der Waals surface area contributed by atoms with Gasteiger partial charge >= 0.3 is 0 Å². The molecule has 0 saturated heterocycles. The summed E-state index contributed by atoms with van der Waals surface area (Å²) in [7, 11) is 1.95. The average molecular weight is 453 g/mol. The molecule has 1 aromatic heterocycles. The van der Waals surface area contributed by atoms with Crippen molar-refractivity contribution in [1.82, 2.24) is 20.4 Å². The molecule has 1 amide bonds. The fraction of sp³-hybridized carbons (Fsp3) is 0.250. The monoisotopic (exact) mass is 452 g/mol. The van der Waals surface area contributed by atoms with Crippen LogP contribution in [-0.2, 0) is 13.1 Å². The number of nitrogens with zero attached hydrogens (tertiary/aromatic N) is 3. The number of aromatic nitrogens is 2. The molecule has 1 N–H and O–H groups in total. The summed E-state index contributed by atoms with van der Waals surface area (Å²) in [4.78, 5) is 14.4. The number of hydrogen-bond donors (Lipinski definition) is 1. The summed E-state index contributed by atoms with van der Waals surface area (Å²) in [5, 5.41) is 13.1. The van der Waals surface area contributed by atoms with Gasteiger partial charge in [0.15, 0.2) is 0 Å². The smallest absolute Gasteiger partial charge is 0.282 e. The normalized spacial score (nSPS) is 12.2. The van der Waals surface area contributed by atoms with Gasteiger partial charge in [0.25, 0.3) is 5.91 Å². The molecule has 0 radical (unpaired) electrons. The van der Waals surface area contributed by atoms with E-state index in [1.165, 1.54) is 23.5 Å². The van der Waals surface area contributed by atoms with E-state index in [9.17, 15) is 9.18 Å². The fourth-order valence-electron chi connectivity index (χ4n) is 2.70. The van der Waals surface area contributed by atoms with Gasteiger partial charge in [0.05, 0.1) is 6.54 Å². The van der Waals surface area contributed by atoms with Crippen LogP contribution in [0.3, 0.4) is 0 Å². The number of amides is 1. The minimum absolute atomic E-state index is 0.0272. The van der Waals surface area contributed by atoms with Crippen molar-refractivity contribution in [2.24, 2.45) is 0 Å². The van der Waals surface area contributed by atoms with Crippen molar-refractivity contribution in [2.45, 2.75) is 26.1 Å². The highest BCUT2D eigenvalue weighted by molar-refractivity contribution is 7.13. The van der Waals surface area contributed by atoms with Crippen LogP contribution in [0.4, 0.5) is 4.39 Å². The lowest BCUT2D eigenvalue weighted by atomic mass is 10.1. The van der Waals surface area contributed by atoms with Gasteiger partial charge in [0, 0.05) is 22.6 Å². The van der Waals surface area contributed by atoms with E-state index in [4.69, 9.17) is 23.2 Å². The van der Waals surface area contributed by atoms with Crippen LogP contribution in [0.25, 0.3) is 0 Å².